The SMILES string of the molecule is COCC1(C(=O)NCC(c2ccc(C)cc2)N(C)C)CCNCC1. The molecule has 1 atom stereocenters. The van der Waals surface area contributed by atoms with Crippen LogP contribution in [0.25, 0.3) is 0 Å². The van der Waals surface area contributed by atoms with Crippen LogP contribution >= 0.6 is 0 Å². The number of benzene rings is 1. The van der Waals surface area contributed by atoms with Crippen LogP contribution in [0.15, 0.2) is 24.3 Å². The first-order valence-electron chi connectivity index (χ1n) is 8.69. The third kappa shape index (κ3) is 4.56. The lowest BCUT2D eigenvalue weighted by atomic mass is 9.78. The van der Waals surface area contributed by atoms with Crippen molar-refractivity contribution in [2.75, 3.05) is 47.4 Å². The molecule has 134 valence electrons. The highest BCUT2D eigenvalue weighted by Crippen LogP contribution is 2.29. The second-order valence-corrected chi connectivity index (χ2v) is 7.06. The zero-order chi connectivity index (χ0) is 17.6. The first-order chi connectivity index (χ1) is 11.5. The zero-order valence-corrected chi connectivity index (χ0v) is 15.4. The molecule has 0 radical (unpaired) electrons. The fourth-order valence-electron chi connectivity index (χ4n) is 3.38. The van der Waals surface area contributed by atoms with Gasteiger partial charge in [0.05, 0.1) is 18.1 Å². The van der Waals surface area contributed by atoms with Gasteiger partial charge in [0.2, 0.25) is 5.91 Å². The number of hydrogen-bond donors (Lipinski definition) is 2. The summed E-state index contributed by atoms with van der Waals surface area (Å²) in [6.07, 6.45) is 1.65. The van der Waals surface area contributed by atoms with E-state index in [0.29, 0.717) is 13.2 Å². The van der Waals surface area contributed by atoms with Gasteiger partial charge >= 0.3 is 0 Å². The summed E-state index contributed by atoms with van der Waals surface area (Å²) in [4.78, 5) is 15.0. The molecule has 1 heterocycles. The number of piperidine rings is 1. The Bertz CT molecular complexity index is 516. The van der Waals surface area contributed by atoms with Crippen LogP contribution < -0.4 is 10.6 Å². The van der Waals surface area contributed by atoms with Crippen molar-refractivity contribution in [3.05, 3.63) is 35.4 Å². The van der Waals surface area contributed by atoms with E-state index in [-0.39, 0.29) is 11.9 Å². The number of amides is 1. The molecule has 1 aliphatic heterocycles. The Morgan fingerprint density at radius 3 is 2.46 bits per heavy atom. The Morgan fingerprint density at radius 1 is 1.29 bits per heavy atom. The number of rotatable bonds is 7. The van der Waals surface area contributed by atoms with E-state index in [1.165, 1.54) is 11.1 Å². The molecule has 1 saturated heterocycles. The van der Waals surface area contributed by atoms with Crippen LogP contribution in [-0.2, 0) is 9.53 Å². The summed E-state index contributed by atoms with van der Waals surface area (Å²) >= 11 is 0. The smallest absolute Gasteiger partial charge is 0.228 e. The molecule has 5 heteroatoms. The van der Waals surface area contributed by atoms with Crippen LogP contribution in [0.5, 0.6) is 0 Å². The first kappa shape index (κ1) is 18.9. The van der Waals surface area contributed by atoms with Crippen molar-refractivity contribution in [1.29, 1.82) is 0 Å². The van der Waals surface area contributed by atoms with Crippen molar-refractivity contribution < 1.29 is 9.53 Å². The van der Waals surface area contributed by atoms with Gasteiger partial charge in [-0.25, -0.2) is 0 Å². The lowest BCUT2D eigenvalue weighted by Crippen LogP contribution is -2.51. The molecule has 1 fully saturated rings. The van der Waals surface area contributed by atoms with Crippen molar-refractivity contribution in [3.8, 4) is 0 Å². The number of aryl methyl sites for hydroxylation is 1. The molecule has 1 aromatic rings. The second kappa shape index (κ2) is 8.60. The van der Waals surface area contributed by atoms with E-state index in [1.54, 1.807) is 7.11 Å². The van der Waals surface area contributed by atoms with E-state index in [9.17, 15) is 4.79 Å². The predicted molar refractivity (Wildman–Crippen MR) is 97.0 cm³/mol. The molecule has 5 nitrogen and oxygen atoms in total. The van der Waals surface area contributed by atoms with Crippen molar-refractivity contribution >= 4 is 5.91 Å². The number of methoxy groups -OCH3 is 1. The maximum atomic E-state index is 12.9. The number of likely N-dealkylation sites (N-methyl/N-ethyl adjacent to an activating group) is 1. The van der Waals surface area contributed by atoms with Crippen LogP contribution in [0.1, 0.15) is 30.0 Å². The molecule has 24 heavy (non-hydrogen) atoms. The monoisotopic (exact) mass is 333 g/mol. The van der Waals surface area contributed by atoms with Crippen LogP contribution in [0.3, 0.4) is 0 Å². The van der Waals surface area contributed by atoms with Crippen molar-refractivity contribution in [2.24, 2.45) is 5.41 Å². The molecular weight excluding hydrogens is 302 g/mol. The van der Waals surface area contributed by atoms with Crippen molar-refractivity contribution in [2.45, 2.75) is 25.8 Å². The Hall–Kier alpha value is -1.43. The number of hydrogen-bond acceptors (Lipinski definition) is 4. The maximum Gasteiger partial charge on any atom is 0.228 e. The number of carbonyl (C=O) groups excluding carboxylic acids is 1. The minimum absolute atomic E-state index is 0.116. The Kier molecular flexibility index (Phi) is 6.78. The molecular formula is C19H31N3O2. The van der Waals surface area contributed by atoms with E-state index >= 15 is 0 Å². The van der Waals surface area contributed by atoms with Gasteiger partial charge in [0.25, 0.3) is 0 Å². The van der Waals surface area contributed by atoms with Crippen LogP contribution in [0.2, 0.25) is 0 Å². The molecule has 1 aliphatic rings. The van der Waals surface area contributed by atoms with E-state index in [4.69, 9.17) is 4.74 Å². The largest absolute Gasteiger partial charge is 0.384 e. The summed E-state index contributed by atoms with van der Waals surface area (Å²) in [6, 6.07) is 8.68. The molecule has 1 amide bonds. The van der Waals surface area contributed by atoms with Gasteiger partial charge in [-0.3, -0.25) is 4.79 Å². The number of carbonyl (C=O) groups is 1. The Labute approximate surface area is 145 Å². The highest BCUT2D eigenvalue weighted by molar-refractivity contribution is 5.83. The van der Waals surface area contributed by atoms with E-state index in [2.05, 4.69) is 46.7 Å². The molecule has 1 aromatic carbocycles. The molecule has 0 bridgehead atoms. The average Bonchev–Trinajstić information content (AvgIpc) is 2.57. The van der Waals surface area contributed by atoms with Gasteiger partial charge in [-0.1, -0.05) is 29.8 Å². The molecule has 2 rings (SSSR count). The predicted octanol–water partition coefficient (Wildman–Crippen LogP) is 1.73. The summed E-state index contributed by atoms with van der Waals surface area (Å²) in [5, 5.41) is 6.51. The normalized spacial score (nSPS) is 18.4. The van der Waals surface area contributed by atoms with Gasteiger partial charge in [0.15, 0.2) is 0 Å². The minimum Gasteiger partial charge on any atom is -0.384 e. The van der Waals surface area contributed by atoms with Gasteiger partial charge in [-0.15, -0.1) is 0 Å². The molecule has 0 spiro atoms. The second-order valence-electron chi connectivity index (χ2n) is 7.06. The molecule has 0 aliphatic carbocycles. The van der Waals surface area contributed by atoms with Gasteiger partial charge in [0.1, 0.15) is 0 Å². The van der Waals surface area contributed by atoms with Crippen LogP contribution in [0, 0.1) is 12.3 Å². The summed E-state index contributed by atoms with van der Waals surface area (Å²) in [6.45, 7) is 4.91. The van der Waals surface area contributed by atoms with Gasteiger partial charge in [-0.2, -0.15) is 0 Å². The van der Waals surface area contributed by atoms with Gasteiger partial charge < -0.3 is 20.3 Å². The number of nitrogens with zero attached hydrogens (tertiary/aromatic N) is 1. The minimum atomic E-state index is -0.399. The molecule has 1 unspecified atom stereocenters. The fourth-order valence-corrected chi connectivity index (χ4v) is 3.38. The first-order valence-corrected chi connectivity index (χ1v) is 8.69. The molecule has 0 aromatic heterocycles. The van der Waals surface area contributed by atoms with Crippen molar-refractivity contribution in [3.63, 3.8) is 0 Å². The summed E-state index contributed by atoms with van der Waals surface area (Å²) in [5.74, 6) is 0.116. The van der Waals surface area contributed by atoms with Gasteiger partial charge in [-0.05, 0) is 52.5 Å². The standard InChI is InChI=1S/C19H31N3O2/c1-15-5-7-16(8-6-15)17(22(2)3)13-21-18(23)19(14-24-4)9-11-20-12-10-19/h5-8,17,20H,9-14H2,1-4H3,(H,21,23). The highest BCUT2D eigenvalue weighted by atomic mass is 16.5. The van der Waals surface area contributed by atoms with E-state index < -0.39 is 5.41 Å². The van der Waals surface area contributed by atoms with Crippen molar-refractivity contribution in [1.82, 2.24) is 15.5 Å². The van der Waals surface area contributed by atoms with Gasteiger partial charge in [0, 0.05) is 13.7 Å². The molecule has 2 N–H and O–H groups in total. The molecule has 0 saturated carbocycles. The fraction of sp³-hybridized carbons (Fsp3) is 0.632. The van der Waals surface area contributed by atoms with E-state index in [1.807, 2.05) is 14.1 Å². The van der Waals surface area contributed by atoms with E-state index in [0.717, 1.165) is 25.9 Å². The zero-order valence-electron chi connectivity index (χ0n) is 15.4. The Balaban J connectivity index is 2.04. The number of nitrogens with one attached hydrogen (secondary N) is 2. The summed E-state index contributed by atoms with van der Waals surface area (Å²) in [7, 11) is 5.77. The van der Waals surface area contributed by atoms with Crippen LogP contribution in [-0.4, -0.2) is 58.3 Å². The van der Waals surface area contributed by atoms with Crippen LogP contribution in [0.4, 0.5) is 0 Å². The quantitative estimate of drug-likeness (QED) is 0.798. The number of ether oxygens (including phenoxy) is 1. The lowest BCUT2D eigenvalue weighted by Gasteiger charge is -2.36. The topological polar surface area (TPSA) is 53.6 Å². The summed E-state index contributed by atoms with van der Waals surface area (Å²) in [5.41, 5.74) is 2.07. The third-order valence-electron chi connectivity index (χ3n) is 5.00. The maximum absolute atomic E-state index is 12.9. The lowest BCUT2D eigenvalue weighted by molar-refractivity contribution is -0.136. The average molecular weight is 333 g/mol. The highest BCUT2D eigenvalue weighted by Gasteiger charge is 2.39. The summed E-state index contributed by atoms with van der Waals surface area (Å²) < 4.78 is 5.36. The third-order valence-corrected chi connectivity index (χ3v) is 5.00. The Morgan fingerprint density at radius 2 is 1.92 bits per heavy atom.